The van der Waals surface area contributed by atoms with Crippen molar-refractivity contribution in [2.45, 2.75) is 70.5 Å². The molecule has 2 fully saturated rings. The maximum atomic E-state index is 12.9. The van der Waals surface area contributed by atoms with Crippen LogP contribution >= 0.6 is 0 Å². The van der Waals surface area contributed by atoms with Gasteiger partial charge < -0.3 is 21.3 Å². The molecule has 25 heavy (non-hydrogen) atoms. The van der Waals surface area contributed by atoms with E-state index < -0.39 is 24.0 Å². The monoisotopic (exact) mass is 352 g/mol. The van der Waals surface area contributed by atoms with E-state index >= 15 is 0 Å². The van der Waals surface area contributed by atoms with Crippen molar-refractivity contribution in [3.8, 4) is 0 Å². The molecule has 0 spiro atoms. The van der Waals surface area contributed by atoms with Crippen LogP contribution in [-0.4, -0.2) is 53.2 Å². The van der Waals surface area contributed by atoms with Crippen molar-refractivity contribution in [3.05, 3.63) is 0 Å². The molecule has 2 rings (SSSR count). The van der Waals surface area contributed by atoms with Crippen molar-refractivity contribution in [2.24, 2.45) is 11.7 Å². The van der Waals surface area contributed by atoms with Gasteiger partial charge in [-0.1, -0.05) is 13.8 Å². The fourth-order valence-corrected chi connectivity index (χ4v) is 3.49. The van der Waals surface area contributed by atoms with E-state index in [1.54, 1.807) is 0 Å². The molecule has 2 aliphatic rings. The van der Waals surface area contributed by atoms with Gasteiger partial charge in [0.1, 0.15) is 18.1 Å². The van der Waals surface area contributed by atoms with Gasteiger partial charge in [0.2, 0.25) is 23.6 Å². The number of rotatable bonds is 6. The van der Waals surface area contributed by atoms with Crippen LogP contribution < -0.4 is 16.4 Å². The van der Waals surface area contributed by atoms with Crippen LogP contribution in [0.15, 0.2) is 0 Å². The molecule has 0 saturated carbocycles. The molecular weight excluding hydrogens is 324 g/mol. The van der Waals surface area contributed by atoms with Gasteiger partial charge in [0, 0.05) is 13.0 Å². The van der Waals surface area contributed by atoms with Gasteiger partial charge in [-0.05, 0) is 38.0 Å². The lowest BCUT2D eigenvalue weighted by Gasteiger charge is -2.30. The Kier molecular flexibility index (Phi) is 6.39. The van der Waals surface area contributed by atoms with Crippen LogP contribution in [0.2, 0.25) is 0 Å². The summed E-state index contributed by atoms with van der Waals surface area (Å²) in [4.78, 5) is 49.9. The minimum absolute atomic E-state index is 0.147. The summed E-state index contributed by atoms with van der Waals surface area (Å²) in [5.74, 6) is -1.09. The molecule has 140 valence electrons. The molecular formula is C17H28N4O4. The molecule has 3 atom stereocenters. The van der Waals surface area contributed by atoms with Gasteiger partial charge in [0.25, 0.3) is 0 Å². The maximum absolute atomic E-state index is 12.9. The number of piperidine rings is 1. The summed E-state index contributed by atoms with van der Waals surface area (Å²) in [6.45, 7) is 4.39. The molecule has 0 bridgehead atoms. The van der Waals surface area contributed by atoms with E-state index in [0.29, 0.717) is 38.6 Å². The summed E-state index contributed by atoms with van der Waals surface area (Å²) in [5.41, 5.74) is 5.39. The number of nitrogens with one attached hydrogen (secondary N) is 2. The fraction of sp³-hybridized carbons (Fsp3) is 0.765. The predicted molar refractivity (Wildman–Crippen MR) is 91.1 cm³/mol. The van der Waals surface area contributed by atoms with E-state index in [4.69, 9.17) is 5.73 Å². The predicted octanol–water partition coefficient (Wildman–Crippen LogP) is -0.338. The molecule has 0 aromatic carbocycles. The largest absolute Gasteiger partial charge is 0.368 e. The SMILES string of the molecule is CC(C)CC(NC(=O)[C@@H]1CCCC(=O)N1)C(=O)N1CCC[C@H]1C(N)=O. The van der Waals surface area contributed by atoms with Crippen LogP contribution in [0.1, 0.15) is 52.4 Å². The van der Waals surface area contributed by atoms with Crippen LogP contribution in [0.3, 0.4) is 0 Å². The fourth-order valence-electron chi connectivity index (χ4n) is 3.49. The van der Waals surface area contributed by atoms with Gasteiger partial charge in [0.15, 0.2) is 0 Å². The highest BCUT2D eigenvalue weighted by atomic mass is 16.2. The van der Waals surface area contributed by atoms with Crippen LogP contribution in [0.4, 0.5) is 0 Å². The number of nitrogens with zero attached hydrogens (tertiary/aromatic N) is 1. The Morgan fingerprint density at radius 2 is 2.00 bits per heavy atom. The smallest absolute Gasteiger partial charge is 0.245 e. The quantitative estimate of drug-likeness (QED) is 0.605. The second-order valence-corrected chi connectivity index (χ2v) is 7.30. The van der Waals surface area contributed by atoms with Gasteiger partial charge >= 0.3 is 0 Å². The third-order valence-corrected chi connectivity index (χ3v) is 4.73. The molecule has 4 amide bonds. The Morgan fingerprint density at radius 3 is 2.60 bits per heavy atom. The summed E-state index contributed by atoms with van der Waals surface area (Å²) in [5, 5.41) is 5.44. The summed E-state index contributed by atoms with van der Waals surface area (Å²) in [6.07, 6.45) is 3.39. The highest BCUT2D eigenvalue weighted by molar-refractivity contribution is 5.94. The summed E-state index contributed by atoms with van der Waals surface area (Å²) in [6, 6.07) is -1.92. The highest BCUT2D eigenvalue weighted by Gasteiger charge is 2.37. The minimum atomic E-state index is -0.716. The number of hydrogen-bond donors (Lipinski definition) is 3. The lowest BCUT2D eigenvalue weighted by Crippen LogP contribution is -2.57. The van der Waals surface area contributed by atoms with Crippen molar-refractivity contribution < 1.29 is 19.2 Å². The minimum Gasteiger partial charge on any atom is -0.368 e. The molecule has 2 aliphatic heterocycles. The Labute approximate surface area is 147 Å². The van der Waals surface area contributed by atoms with Crippen LogP contribution in [0, 0.1) is 5.92 Å². The number of carbonyl (C=O) groups is 4. The zero-order valence-corrected chi connectivity index (χ0v) is 14.9. The summed E-state index contributed by atoms with van der Waals surface area (Å²) in [7, 11) is 0. The summed E-state index contributed by atoms with van der Waals surface area (Å²) >= 11 is 0. The lowest BCUT2D eigenvalue weighted by atomic mass is 9.99. The standard InChI is InChI=1S/C17H28N4O4/c1-10(2)9-12(17(25)21-8-4-6-13(21)15(18)23)20-16(24)11-5-3-7-14(22)19-11/h10-13H,3-9H2,1-2H3,(H2,18,23)(H,19,22)(H,20,24)/t11-,12?,13-/m0/s1. The highest BCUT2D eigenvalue weighted by Crippen LogP contribution is 2.20. The van der Waals surface area contributed by atoms with E-state index in [9.17, 15) is 19.2 Å². The van der Waals surface area contributed by atoms with Gasteiger partial charge in [-0.15, -0.1) is 0 Å². The number of primary amides is 1. The Hall–Kier alpha value is -2.12. The average molecular weight is 352 g/mol. The average Bonchev–Trinajstić information content (AvgIpc) is 3.02. The Bertz CT molecular complexity index is 549. The summed E-state index contributed by atoms with van der Waals surface area (Å²) < 4.78 is 0. The molecule has 8 nitrogen and oxygen atoms in total. The number of carbonyl (C=O) groups excluding carboxylic acids is 4. The molecule has 1 unspecified atom stereocenters. The number of amides is 4. The second-order valence-electron chi connectivity index (χ2n) is 7.30. The Morgan fingerprint density at radius 1 is 1.28 bits per heavy atom. The van der Waals surface area contributed by atoms with Gasteiger partial charge in [-0.25, -0.2) is 0 Å². The topological polar surface area (TPSA) is 122 Å². The van der Waals surface area contributed by atoms with Crippen molar-refractivity contribution in [3.63, 3.8) is 0 Å². The van der Waals surface area contributed by atoms with Gasteiger partial charge in [0.05, 0.1) is 0 Å². The zero-order valence-electron chi connectivity index (χ0n) is 14.9. The van der Waals surface area contributed by atoms with Crippen molar-refractivity contribution in [1.82, 2.24) is 15.5 Å². The van der Waals surface area contributed by atoms with E-state index in [2.05, 4.69) is 10.6 Å². The number of nitrogens with two attached hydrogens (primary N) is 1. The molecule has 0 aromatic rings. The first-order valence-electron chi connectivity index (χ1n) is 8.99. The maximum Gasteiger partial charge on any atom is 0.245 e. The normalized spacial score (nSPS) is 24.8. The van der Waals surface area contributed by atoms with Gasteiger partial charge in [-0.2, -0.15) is 0 Å². The molecule has 2 saturated heterocycles. The first kappa shape index (κ1) is 19.2. The molecule has 0 aromatic heterocycles. The third-order valence-electron chi connectivity index (χ3n) is 4.73. The lowest BCUT2D eigenvalue weighted by molar-refractivity contribution is -0.141. The molecule has 4 N–H and O–H groups in total. The van der Waals surface area contributed by atoms with E-state index in [1.807, 2.05) is 13.8 Å². The zero-order chi connectivity index (χ0) is 18.6. The molecule has 2 heterocycles. The first-order valence-corrected chi connectivity index (χ1v) is 8.99. The van der Waals surface area contributed by atoms with Crippen LogP contribution in [-0.2, 0) is 19.2 Å². The third kappa shape index (κ3) is 4.93. The Balaban J connectivity index is 2.07. The van der Waals surface area contributed by atoms with Crippen molar-refractivity contribution in [2.75, 3.05) is 6.54 Å². The number of likely N-dealkylation sites (tertiary alicyclic amines) is 1. The van der Waals surface area contributed by atoms with E-state index in [0.717, 1.165) is 6.42 Å². The van der Waals surface area contributed by atoms with Crippen molar-refractivity contribution in [1.29, 1.82) is 0 Å². The second kappa shape index (κ2) is 8.31. The van der Waals surface area contributed by atoms with Gasteiger partial charge in [-0.3, -0.25) is 19.2 Å². The van der Waals surface area contributed by atoms with Crippen LogP contribution in [0.25, 0.3) is 0 Å². The molecule has 0 aliphatic carbocycles. The molecule has 8 heteroatoms. The molecule has 0 radical (unpaired) electrons. The van der Waals surface area contributed by atoms with E-state index in [-0.39, 0.29) is 23.6 Å². The van der Waals surface area contributed by atoms with Crippen LogP contribution in [0.5, 0.6) is 0 Å². The van der Waals surface area contributed by atoms with E-state index in [1.165, 1.54) is 4.90 Å². The van der Waals surface area contributed by atoms with Crippen molar-refractivity contribution >= 4 is 23.6 Å². The number of hydrogen-bond acceptors (Lipinski definition) is 4. The first-order chi connectivity index (χ1) is 11.8.